The third kappa shape index (κ3) is 3.15. The zero-order valence-corrected chi connectivity index (χ0v) is 12.4. The van der Waals surface area contributed by atoms with Gasteiger partial charge in [0.2, 0.25) is 5.91 Å². The molecule has 1 saturated heterocycles. The fourth-order valence-corrected chi connectivity index (χ4v) is 2.75. The third-order valence-electron chi connectivity index (χ3n) is 3.18. The first-order valence-corrected chi connectivity index (χ1v) is 7.04. The molecule has 1 aliphatic heterocycles. The van der Waals surface area contributed by atoms with Gasteiger partial charge < -0.3 is 10.2 Å². The summed E-state index contributed by atoms with van der Waals surface area (Å²) in [5, 5.41) is 3.03. The maximum atomic E-state index is 12.8. The number of amides is 1. The zero-order valence-electron chi connectivity index (χ0n) is 10.8. The molecule has 1 atom stereocenters. The van der Waals surface area contributed by atoms with Crippen LogP contribution in [0.3, 0.4) is 0 Å². The van der Waals surface area contributed by atoms with Crippen molar-refractivity contribution in [3.05, 3.63) is 28.2 Å². The molecule has 7 heteroatoms. The molecule has 2 rings (SSSR count). The Bertz CT molecular complexity index is 519. The summed E-state index contributed by atoms with van der Waals surface area (Å²) < 4.78 is 38.7. The van der Waals surface area contributed by atoms with Gasteiger partial charge in [-0.1, -0.05) is 22.9 Å². The number of alkyl halides is 3. The Morgan fingerprint density at radius 3 is 2.70 bits per heavy atom. The lowest BCUT2D eigenvalue weighted by Crippen LogP contribution is -2.38. The minimum atomic E-state index is -4.43. The number of nitrogens with one attached hydrogen (secondary N) is 1. The molecule has 1 aromatic carbocycles. The number of anilines is 1. The Balaban J connectivity index is 2.30. The molecule has 1 heterocycles. The predicted molar refractivity (Wildman–Crippen MR) is 73.6 cm³/mol. The van der Waals surface area contributed by atoms with Crippen LogP contribution < -0.4 is 10.2 Å². The van der Waals surface area contributed by atoms with Crippen LogP contribution in [-0.4, -0.2) is 25.0 Å². The number of carbonyl (C=O) groups is 1. The van der Waals surface area contributed by atoms with E-state index in [9.17, 15) is 18.0 Å². The number of likely N-dealkylation sites (N-methyl/N-ethyl adjacent to an activating group) is 1. The van der Waals surface area contributed by atoms with E-state index in [0.717, 1.165) is 12.1 Å². The maximum Gasteiger partial charge on any atom is 0.416 e. The molecule has 1 unspecified atom stereocenters. The van der Waals surface area contributed by atoms with Crippen molar-refractivity contribution in [2.24, 2.45) is 0 Å². The maximum absolute atomic E-state index is 12.8. The summed E-state index contributed by atoms with van der Waals surface area (Å²) in [6.45, 7) is 2.96. The van der Waals surface area contributed by atoms with Gasteiger partial charge in [0.1, 0.15) is 0 Å². The summed E-state index contributed by atoms with van der Waals surface area (Å²) in [6.07, 6.45) is -3.83. The third-order valence-corrected chi connectivity index (χ3v) is 3.64. The van der Waals surface area contributed by atoms with Crippen LogP contribution in [-0.2, 0) is 11.0 Å². The van der Waals surface area contributed by atoms with Crippen molar-refractivity contribution in [2.45, 2.75) is 25.6 Å². The van der Waals surface area contributed by atoms with Crippen molar-refractivity contribution < 1.29 is 18.0 Å². The van der Waals surface area contributed by atoms with E-state index in [2.05, 4.69) is 21.2 Å². The van der Waals surface area contributed by atoms with E-state index in [1.807, 2.05) is 6.92 Å². The average Bonchev–Trinajstić information content (AvgIpc) is 2.70. The monoisotopic (exact) mass is 350 g/mol. The minimum Gasteiger partial charge on any atom is -0.311 e. The summed E-state index contributed by atoms with van der Waals surface area (Å²) in [6, 6.07) is 3.23. The van der Waals surface area contributed by atoms with E-state index in [4.69, 9.17) is 0 Å². The normalized spacial score (nSPS) is 19.8. The number of hydrogen-bond acceptors (Lipinski definition) is 2. The van der Waals surface area contributed by atoms with Gasteiger partial charge in [-0.05, 0) is 31.2 Å². The molecular weight excluding hydrogens is 337 g/mol. The van der Waals surface area contributed by atoms with Gasteiger partial charge in [-0.15, -0.1) is 0 Å². The molecular formula is C13H14BrF3N2O. The number of halogens is 4. The predicted octanol–water partition coefficient (Wildman–Crippen LogP) is 3.18. The van der Waals surface area contributed by atoms with Gasteiger partial charge in [0.15, 0.2) is 0 Å². The second kappa shape index (κ2) is 5.73. The van der Waals surface area contributed by atoms with E-state index in [-0.39, 0.29) is 17.6 Å². The van der Waals surface area contributed by atoms with Crippen LogP contribution in [0.1, 0.15) is 18.9 Å². The number of rotatable bonds is 3. The molecule has 1 N–H and O–H groups in total. The van der Waals surface area contributed by atoms with Crippen molar-refractivity contribution in [1.82, 2.24) is 5.32 Å². The van der Waals surface area contributed by atoms with Gasteiger partial charge >= 0.3 is 6.18 Å². The Labute approximate surface area is 123 Å². The number of carbonyl (C=O) groups excluding carboxylic acids is 1. The van der Waals surface area contributed by atoms with E-state index in [1.165, 1.54) is 11.0 Å². The Kier molecular flexibility index (Phi) is 4.39. The molecule has 1 aliphatic rings. The van der Waals surface area contributed by atoms with Gasteiger partial charge in [0.25, 0.3) is 0 Å². The average molecular weight is 351 g/mol. The van der Waals surface area contributed by atoms with Crippen LogP contribution in [0, 0.1) is 0 Å². The molecule has 1 aromatic rings. The van der Waals surface area contributed by atoms with Gasteiger partial charge in [0, 0.05) is 16.7 Å². The molecule has 110 valence electrons. The van der Waals surface area contributed by atoms with Crippen LogP contribution in [0.2, 0.25) is 0 Å². The highest BCUT2D eigenvalue weighted by atomic mass is 79.9. The lowest BCUT2D eigenvalue weighted by Gasteiger charge is -2.19. The molecule has 0 bridgehead atoms. The highest BCUT2D eigenvalue weighted by Gasteiger charge is 2.35. The fraction of sp³-hybridized carbons (Fsp3) is 0.462. The number of benzene rings is 1. The van der Waals surface area contributed by atoms with Crippen molar-refractivity contribution in [2.75, 3.05) is 18.0 Å². The molecule has 1 amide bonds. The molecule has 20 heavy (non-hydrogen) atoms. The Morgan fingerprint density at radius 2 is 2.10 bits per heavy atom. The van der Waals surface area contributed by atoms with Crippen LogP contribution in [0.25, 0.3) is 0 Å². The Morgan fingerprint density at radius 1 is 1.40 bits per heavy atom. The van der Waals surface area contributed by atoms with Crippen LogP contribution in [0.5, 0.6) is 0 Å². The van der Waals surface area contributed by atoms with Crippen LogP contribution in [0.15, 0.2) is 22.7 Å². The first-order chi connectivity index (χ1) is 9.32. The van der Waals surface area contributed by atoms with E-state index >= 15 is 0 Å². The van der Waals surface area contributed by atoms with Crippen molar-refractivity contribution in [3.63, 3.8) is 0 Å². The molecule has 1 fully saturated rings. The van der Waals surface area contributed by atoms with Crippen molar-refractivity contribution in [1.29, 1.82) is 0 Å². The SMILES string of the molecule is CCNC1CCN(c2cc(Br)cc(C(F)(F)F)c2)C1=O. The van der Waals surface area contributed by atoms with Crippen molar-refractivity contribution >= 4 is 27.5 Å². The smallest absolute Gasteiger partial charge is 0.311 e. The second-order valence-electron chi connectivity index (χ2n) is 4.58. The molecule has 0 aromatic heterocycles. The van der Waals surface area contributed by atoms with Crippen molar-refractivity contribution in [3.8, 4) is 0 Å². The quantitative estimate of drug-likeness (QED) is 0.907. The lowest BCUT2D eigenvalue weighted by atomic mass is 10.2. The van der Waals surface area contributed by atoms with Gasteiger partial charge in [-0.25, -0.2) is 0 Å². The zero-order chi connectivity index (χ0) is 14.9. The summed E-state index contributed by atoms with van der Waals surface area (Å²) >= 11 is 3.06. The standard InChI is InChI=1S/C13H14BrF3N2O/c1-2-18-11-3-4-19(12(11)20)10-6-8(13(15,16)17)5-9(14)7-10/h5-7,11,18H,2-4H2,1H3. The first-order valence-electron chi connectivity index (χ1n) is 6.25. The fourth-order valence-electron chi connectivity index (χ4n) is 2.27. The number of hydrogen-bond donors (Lipinski definition) is 1. The van der Waals surface area contributed by atoms with Gasteiger partial charge in [-0.3, -0.25) is 4.79 Å². The summed E-state index contributed by atoms with van der Waals surface area (Å²) in [5.74, 6) is -0.182. The molecule has 0 spiro atoms. The highest BCUT2D eigenvalue weighted by Crippen LogP contribution is 2.35. The Hall–Kier alpha value is -1.08. The topological polar surface area (TPSA) is 32.3 Å². The molecule has 0 saturated carbocycles. The summed E-state index contributed by atoms with van der Waals surface area (Å²) in [7, 11) is 0. The van der Waals surface area contributed by atoms with Gasteiger partial charge in [-0.2, -0.15) is 13.2 Å². The molecule has 3 nitrogen and oxygen atoms in total. The molecule has 0 aliphatic carbocycles. The second-order valence-corrected chi connectivity index (χ2v) is 5.50. The van der Waals surface area contributed by atoms with Crippen LogP contribution >= 0.6 is 15.9 Å². The largest absolute Gasteiger partial charge is 0.416 e. The highest BCUT2D eigenvalue weighted by molar-refractivity contribution is 9.10. The minimum absolute atomic E-state index is 0.182. The summed E-state index contributed by atoms with van der Waals surface area (Å²) in [4.78, 5) is 13.5. The van der Waals surface area contributed by atoms with E-state index in [1.54, 1.807) is 0 Å². The number of nitrogens with zero attached hydrogens (tertiary/aromatic N) is 1. The van der Waals surface area contributed by atoms with E-state index in [0.29, 0.717) is 24.0 Å². The molecule has 0 radical (unpaired) electrons. The van der Waals surface area contributed by atoms with E-state index < -0.39 is 11.7 Å². The van der Waals surface area contributed by atoms with Gasteiger partial charge in [0.05, 0.1) is 11.6 Å². The van der Waals surface area contributed by atoms with Crippen LogP contribution in [0.4, 0.5) is 18.9 Å². The lowest BCUT2D eigenvalue weighted by molar-refractivity contribution is -0.137. The summed E-state index contributed by atoms with van der Waals surface area (Å²) in [5.41, 5.74) is -0.487. The first kappa shape index (κ1) is 15.3.